The van der Waals surface area contributed by atoms with Crippen LogP contribution >= 0.6 is 0 Å². The molecule has 1 aliphatic heterocycles. The number of hydrogen-bond acceptors (Lipinski definition) is 4. The third-order valence-electron chi connectivity index (χ3n) is 3.27. The molecular formula is C12H27N3O. The number of ether oxygens (including phenoxy) is 1. The first kappa shape index (κ1) is 13.9. The van der Waals surface area contributed by atoms with Gasteiger partial charge in [-0.2, -0.15) is 0 Å². The minimum Gasteiger partial charge on any atom is -0.383 e. The number of likely N-dealkylation sites (N-methyl/N-ethyl adjacent to an activating group) is 2. The zero-order valence-corrected chi connectivity index (χ0v) is 11.2. The SMILES string of the molecule is CNCC(COC)N1CCCC1CN(C)C. The summed E-state index contributed by atoms with van der Waals surface area (Å²) in [7, 11) is 8.11. The van der Waals surface area contributed by atoms with Crippen LogP contribution < -0.4 is 5.32 Å². The van der Waals surface area contributed by atoms with E-state index in [9.17, 15) is 0 Å². The minimum atomic E-state index is 0.516. The molecule has 1 saturated heterocycles. The molecule has 0 aromatic heterocycles. The number of nitrogens with one attached hydrogen (secondary N) is 1. The topological polar surface area (TPSA) is 27.7 Å². The second-order valence-electron chi connectivity index (χ2n) is 4.96. The third kappa shape index (κ3) is 4.01. The van der Waals surface area contributed by atoms with E-state index in [-0.39, 0.29) is 0 Å². The summed E-state index contributed by atoms with van der Waals surface area (Å²) in [6, 6.07) is 1.21. The number of likely N-dealkylation sites (tertiary alicyclic amines) is 1. The molecule has 1 N–H and O–H groups in total. The molecule has 0 bridgehead atoms. The van der Waals surface area contributed by atoms with Gasteiger partial charge in [0.1, 0.15) is 0 Å². The van der Waals surface area contributed by atoms with Crippen LogP contribution in [0.15, 0.2) is 0 Å². The average molecular weight is 229 g/mol. The molecule has 96 valence electrons. The van der Waals surface area contributed by atoms with Crippen molar-refractivity contribution >= 4 is 0 Å². The first-order valence-electron chi connectivity index (χ1n) is 6.23. The summed E-state index contributed by atoms with van der Waals surface area (Å²) in [6.45, 7) is 4.21. The van der Waals surface area contributed by atoms with Crippen LogP contribution in [-0.2, 0) is 4.74 Å². The van der Waals surface area contributed by atoms with Crippen molar-refractivity contribution in [2.75, 3.05) is 54.5 Å². The highest BCUT2D eigenvalue weighted by atomic mass is 16.5. The Labute approximate surface area is 99.9 Å². The van der Waals surface area contributed by atoms with Gasteiger partial charge >= 0.3 is 0 Å². The first-order valence-corrected chi connectivity index (χ1v) is 6.23. The van der Waals surface area contributed by atoms with Crippen molar-refractivity contribution in [3.05, 3.63) is 0 Å². The van der Waals surface area contributed by atoms with Gasteiger partial charge in [-0.05, 0) is 40.5 Å². The van der Waals surface area contributed by atoms with Crippen molar-refractivity contribution in [1.29, 1.82) is 0 Å². The summed E-state index contributed by atoms with van der Waals surface area (Å²) < 4.78 is 5.33. The van der Waals surface area contributed by atoms with Crippen LogP contribution in [0.4, 0.5) is 0 Å². The van der Waals surface area contributed by atoms with Gasteiger partial charge in [-0.25, -0.2) is 0 Å². The molecule has 0 aromatic carbocycles. The van der Waals surface area contributed by atoms with Gasteiger partial charge in [0.05, 0.1) is 6.61 Å². The van der Waals surface area contributed by atoms with Gasteiger partial charge in [0.25, 0.3) is 0 Å². The zero-order valence-electron chi connectivity index (χ0n) is 11.2. The molecule has 0 aliphatic carbocycles. The quantitative estimate of drug-likeness (QED) is 0.677. The summed E-state index contributed by atoms with van der Waals surface area (Å²) in [5.41, 5.74) is 0. The van der Waals surface area contributed by atoms with Crippen LogP contribution in [0.2, 0.25) is 0 Å². The van der Waals surface area contributed by atoms with Crippen molar-refractivity contribution in [3.63, 3.8) is 0 Å². The van der Waals surface area contributed by atoms with E-state index in [4.69, 9.17) is 4.74 Å². The van der Waals surface area contributed by atoms with Crippen LogP contribution in [0.3, 0.4) is 0 Å². The molecule has 1 heterocycles. The van der Waals surface area contributed by atoms with Gasteiger partial charge in [0.2, 0.25) is 0 Å². The van der Waals surface area contributed by atoms with Crippen LogP contribution in [0.25, 0.3) is 0 Å². The summed E-state index contributed by atoms with van der Waals surface area (Å²) in [6.07, 6.45) is 2.64. The van der Waals surface area contributed by atoms with Gasteiger partial charge in [0, 0.05) is 32.3 Å². The Balaban J connectivity index is 2.52. The molecule has 0 spiro atoms. The molecule has 2 atom stereocenters. The summed E-state index contributed by atoms with van der Waals surface area (Å²) in [4.78, 5) is 4.90. The van der Waals surface area contributed by atoms with Crippen LogP contribution in [0.1, 0.15) is 12.8 Å². The normalized spacial score (nSPS) is 24.2. The van der Waals surface area contributed by atoms with Crippen molar-refractivity contribution in [2.24, 2.45) is 0 Å². The third-order valence-corrected chi connectivity index (χ3v) is 3.27. The minimum absolute atomic E-state index is 0.516. The zero-order chi connectivity index (χ0) is 12.0. The predicted molar refractivity (Wildman–Crippen MR) is 67.9 cm³/mol. The van der Waals surface area contributed by atoms with E-state index in [1.54, 1.807) is 7.11 Å². The fraction of sp³-hybridized carbons (Fsp3) is 1.00. The monoisotopic (exact) mass is 229 g/mol. The molecular weight excluding hydrogens is 202 g/mol. The summed E-state index contributed by atoms with van der Waals surface area (Å²) in [5.74, 6) is 0. The predicted octanol–water partition coefficient (Wildman–Crippen LogP) is 0.247. The van der Waals surface area contributed by atoms with Crippen molar-refractivity contribution in [3.8, 4) is 0 Å². The van der Waals surface area contributed by atoms with Crippen LogP contribution in [0.5, 0.6) is 0 Å². The van der Waals surface area contributed by atoms with Crippen molar-refractivity contribution < 1.29 is 4.74 Å². The Kier molecular flexibility index (Phi) is 6.28. The summed E-state index contributed by atoms with van der Waals surface area (Å²) in [5, 5.41) is 3.27. The average Bonchev–Trinajstić information content (AvgIpc) is 2.64. The highest BCUT2D eigenvalue weighted by Gasteiger charge is 2.30. The highest BCUT2D eigenvalue weighted by Crippen LogP contribution is 2.20. The van der Waals surface area contributed by atoms with Crippen molar-refractivity contribution in [1.82, 2.24) is 15.1 Å². The van der Waals surface area contributed by atoms with E-state index in [1.165, 1.54) is 19.4 Å². The molecule has 0 aromatic rings. The Hall–Kier alpha value is -0.160. The number of rotatable bonds is 7. The van der Waals surface area contributed by atoms with Crippen molar-refractivity contribution in [2.45, 2.75) is 24.9 Å². The number of methoxy groups -OCH3 is 1. The lowest BCUT2D eigenvalue weighted by molar-refractivity contribution is 0.0743. The number of nitrogens with zero attached hydrogens (tertiary/aromatic N) is 2. The summed E-state index contributed by atoms with van der Waals surface area (Å²) >= 11 is 0. The Morgan fingerprint density at radius 3 is 2.81 bits per heavy atom. The molecule has 1 rings (SSSR count). The fourth-order valence-electron chi connectivity index (χ4n) is 2.66. The van der Waals surface area contributed by atoms with E-state index >= 15 is 0 Å². The Morgan fingerprint density at radius 2 is 2.25 bits per heavy atom. The highest BCUT2D eigenvalue weighted by molar-refractivity contribution is 4.87. The molecule has 0 amide bonds. The molecule has 4 nitrogen and oxygen atoms in total. The molecule has 16 heavy (non-hydrogen) atoms. The smallest absolute Gasteiger partial charge is 0.0630 e. The lowest BCUT2D eigenvalue weighted by Gasteiger charge is -2.34. The van der Waals surface area contributed by atoms with E-state index in [1.807, 2.05) is 7.05 Å². The van der Waals surface area contributed by atoms with Gasteiger partial charge < -0.3 is 15.0 Å². The molecule has 2 unspecified atom stereocenters. The lowest BCUT2D eigenvalue weighted by Crippen LogP contribution is -2.49. The van der Waals surface area contributed by atoms with Gasteiger partial charge in [-0.1, -0.05) is 0 Å². The Bertz CT molecular complexity index is 181. The van der Waals surface area contributed by atoms with Gasteiger partial charge in [-0.15, -0.1) is 0 Å². The first-order chi connectivity index (χ1) is 7.69. The maximum absolute atomic E-state index is 5.33. The standard InChI is InChI=1S/C12H27N3O/c1-13-8-12(10-16-4)15-7-5-6-11(15)9-14(2)3/h11-13H,5-10H2,1-4H3. The molecule has 0 radical (unpaired) electrons. The second-order valence-corrected chi connectivity index (χ2v) is 4.96. The fourth-order valence-corrected chi connectivity index (χ4v) is 2.66. The molecule has 0 saturated carbocycles. The lowest BCUT2D eigenvalue weighted by atomic mass is 10.1. The largest absolute Gasteiger partial charge is 0.383 e. The molecule has 1 aliphatic rings. The van der Waals surface area contributed by atoms with Gasteiger partial charge in [-0.3, -0.25) is 4.90 Å². The van der Waals surface area contributed by atoms with E-state index < -0.39 is 0 Å². The Morgan fingerprint density at radius 1 is 1.50 bits per heavy atom. The van der Waals surface area contributed by atoms with E-state index in [0.717, 1.165) is 19.7 Å². The van der Waals surface area contributed by atoms with E-state index in [2.05, 4.69) is 29.2 Å². The van der Waals surface area contributed by atoms with E-state index in [0.29, 0.717) is 12.1 Å². The van der Waals surface area contributed by atoms with Crippen LogP contribution in [-0.4, -0.2) is 76.4 Å². The second kappa shape index (κ2) is 7.22. The van der Waals surface area contributed by atoms with Crippen LogP contribution in [0, 0.1) is 0 Å². The number of hydrogen-bond donors (Lipinski definition) is 1. The molecule has 4 heteroatoms. The maximum Gasteiger partial charge on any atom is 0.0630 e. The maximum atomic E-state index is 5.33. The van der Waals surface area contributed by atoms with Gasteiger partial charge in [0.15, 0.2) is 0 Å². The molecule has 1 fully saturated rings.